The van der Waals surface area contributed by atoms with Crippen molar-refractivity contribution in [2.75, 3.05) is 0 Å². The number of carboxylic acid groups (broad SMARTS) is 1. The lowest BCUT2D eigenvalue weighted by atomic mass is 10.1. The highest BCUT2D eigenvalue weighted by Gasteiger charge is 2.36. The topological polar surface area (TPSA) is 55.1 Å². The van der Waals surface area contributed by atoms with E-state index in [1.807, 2.05) is 0 Å². The van der Waals surface area contributed by atoms with Crippen molar-refractivity contribution in [1.29, 1.82) is 0 Å². The fourth-order valence-corrected chi connectivity index (χ4v) is 2.92. The Kier molecular flexibility index (Phi) is 3.23. The van der Waals surface area contributed by atoms with E-state index in [9.17, 15) is 18.0 Å². The molecule has 4 nitrogen and oxygen atoms in total. The summed E-state index contributed by atoms with van der Waals surface area (Å²) in [5.74, 6) is -0.900. The molecule has 116 valence electrons. The average molecular weight is 310 g/mol. The van der Waals surface area contributed by atoms with Gasteiger partial charge in [-0.2, -0.15) is 13.2 Å². The van der Waals surface area contributed by atoms with E-state index in [2.05, 4.69) is 4.98 Å². The Balaban J connectivity index is 2.25. The predicted molar refractivity (Wildman–Crippen MR) is 72.3 cm³/mol. The molecule has 0 fully saturated rings. The highest BCUT2D eigenvalue weighted by molar-refractivity contribution is 5.88. The molecule has 0 bridgehead atoms. The van der Waals surface area contributed by atoms with Gasteiger partial charge in [-0.15, -0.1) is 0 Å². The van der Waals surface area contributed by atoms with Crippen molar-refractivity contribution >= 4 is 5.97 Å². The lowest BCUT2D eigenvalue weighted by Crippen LogP contribution is -2.14. The van der Waals surface area contributed by atoms with Crippen molar-refractivity contribution in [1.82, 2.24) is 9.55 Å². The number of aromatic carboxylic acids is 1. The first-order chi connectivity index (χ1) is 10.3. The fourth-order valence-electron chi connectivity index (χ4n) is 2.92. The smallest absolute Gasteiger partial charge is 0.418 e. The second-order valence-corrected chi connectivity index (χ2v) is 5.28. The molecular weight excluding hydrogens is 297 g/mol. The van der Waals surface area contributed by atoms with E-state index in [4.69, 9.17) is 5.11 Å². The Hall–Kier alpha value is -2.31. The van der Waals surface area contributed by atoms with Crippen LogP contribution in [0.2, 0.25) is 0 Å². The molecule has 1 aliphatic carbocycles. The predicted octanol–water partition coefficient (Wildman–Crippen LogP) is 3.39. The number of hydrogen-bond donors (Lipinski definition) is 1. The van der Waals surface area contributed by atoms with Crippen LogP contribution in [0.4, 0.5) is 13.2 Å². The average Bonchev–Trinajstić information content (AvgIpc) is 2.96. The third-order valence-corrected chi connectivity index (χ3v) is 3.84. The van der Waals surface area contributed by atoms with Crippen LogP contribution in [0.1, 0.15) is 39.6 Å². The molecular formula is C15H13F3N2O2. The zero-order valence-corrected chi connectivity index (χ0v) is 11.7. The molecule has 1 aliphatic rings. The SMILES string of the molecule is Cc1nc2c(n1-c1ccc(C(=O)O)cc1C(F)(F)F)CCC2. The Labute approximate surface area is 124 Å². The van der Waals surface area contributed by atoms with Crippen LogP contribution >= 0.6 is 0 Å². The maximum Gasteiger partial charge on any atom is 0.418 e. The number of carboxylic acids is 1. The van der Waals surface area contributed by atoms with Crippen molar-refractivity contribution < 1.29 is 23.1 Å². The number of aryl methyl sites for hydroxylation is 2. The van der Waals surface area contributed by atoms with E-state index < -0.39 is 17.7 Å². The molecule has 0 amide bonds. The molecule has 1 heterocycles. The normalized spacial score (nSPS) is 14.2. The number of aromatic nitrogens is 2. The molecule has 0 aliphatic heterocycles. The van der Waals surface area contributed by atoms with Crippen LogP contribution in [0.25, 0.3) is 5.69 Å². The Bertz CT molecular complexity index is 763. The summed E-state index contributed by atoms with van der Waals surface area (Å²) in [5, 5.41) is 8.92. The summed E-state index contributed by atoms with van der Waals surface area (Å²) < 4.78 is 41.5. The minimum atomic E-state index is -4.64. The summed E-state index contributed by atoms with van der Waals surface area (Å²) in [6.45, 7) is 1.66. The summed E-state index contributed by atoms with van der Waals surface area (Å²) in [7, 11) is 0. The lowest BCUT2D eigenvalue weighted by Gasteiger charge is -2.17. The van der Waals surface area contributed by atoms with Crippen molar-refractivity contribution in [2.24, 2.45) is 0 Å². The quantitative estimate of drug-likeness (QED) is 0.925. The zero-order chi connectivity index (χ0) is 16.1. The Morgan fingerprint density at radius 1 is 1.32 bits per heavy atom. The highest BCUT2D eigenvalue weighted by atomic mass is 19.4. The molecule has 2 aromatic rings. The summed E-state index contributed by atoms with van der Waals surface area (Å²) in [5.41, 5.74) is 0.206. The second kappa shape index (κ2) is 4.86. The number of rotatable bonds is 2. The number of benzene rings is 1. The number of imidazole rings is 1. The molecule has 0 saturated heterocycles. The van der Waals surface area contributed by atoms with Gasteiger partial charge in [-0.05, 0) is 44.4 Å². The van der Waals surface area contributed by atoms with Crippen molar-refractivity contribution in [3.05, 3.63) is 46.5 Å². The molecule has 1 aromatic heterocycles. The number of hydrogen-bond acceptors (Lipinski definition) is 2. The van der Waals surface area contributed by atoms with E-state index in [1.54, 1.807) is 6.92 Å². The lowest BCUT2D eigenvalue weighted by molar-refractivity contribution is -0.137. The number of halogens is 3. The van der Waals surface area contributed by atoms with Gasteiger partial charge in [0.2, 0.25) is 0 Å². The molecule has 7 heteroatoms. The number of nitrogens with zero attached hydrogens (tertiary/aromatic N) is 2. The first-order valence-corrected chi connectivity index (χ1v) is 6.81. The van der Waals surface area contributed by atoms with Gasteiger partial charge in [-0.25, -0.2) is 9.78 Å². The second-order valence-electron chi connectivity index (χ2n) is 5.28. The van der Waals surface area contributed by atoms with E-state index in [-0.39, 0.29) is 11.3 Å². The van der Waals surface area contributed by atoms with Crippen LogP contribution in [-0.2, 0) is 19.0 Å². The first kappa shape index (κ1) is 14.6. The Morgan fingerprint density at radius 2 is 2.05 bits per heavy atom. The van der Waals surface area contributed by atoms with Crippen molar-refractivity contribution in [3.63, 3.8) is 0 Å². The van der Waals surface area contributed by atoms with Crippen LogP contribution in [0.3, 0.4) is 0 Å². The monoisotopic (exact) mass is 310 g/mol. The van der Waals surface area contributed by atoms with Crippen LogP contribution < -0.4 is 0 Å². The van der Waals surface area contributed by atoms with Gasteiger partial charge in [0, 0.05) is 5.69 Å². The van der Waals surface area contributed by atoms with Gasteiger partial charge in [0.05, 0.1) is 22.5 Å². The fraction of sp³-hybridized carbons (Fsp3) is 0.333. The van der Waals surface area contributed by atoms with E-state index in [0.29, 0.717) is 18.3 Å². The molecule has 0 unspecified atom stereocenters. The van der Waals surface area contributed by atoms with E-state index in [1.165, 1.54) is 16.7 Å². The molecule has 3 rings (SSSR count). The van der Waals surface area contributed by atoms with E-state index in [0.717, 1.165) is 24.2 Å². The van der Waals surface area contributed by atoms with Gasteiger partial charge < -0.3 is 9.67 Å². The van der Waals surface area contributed by atoms with Gasteiger partial charge in [0.25, 0.3) is 0 Å². The van der Waals surface area contributed by atoms with Crippen LogP contribution in [0, 0.1) is 6.92 Å². The molecule has 0 radical (unpaired) electrons. The molecule has 1 aromatic carbocycles. The molecule has 0 spiro atoms. The van der Waals surface area contributed by atoms with Crippen molar-refractivity contribution in [2.45, 2.75) is 32.4 Å². The molecule has 0 saturated carbocycles. The number of fused-ring (bicyclic) bond motifs is 1. The maximum absolute atomic E-state index is 13.3. The zero-order valence-electron chi connectivity index (χ0n) is 11.7. The third-order valence-electron chi connectivity index (χ3n) is 3.84. The standard InChI is InChI=1S/C15H13F3N2O2/c1-8-19-11-3-2-4-13(11)20(8)12-6-5-9(14(21)22)7-10(12)15(16,17)18/h5-7H,2-4H2,1H3,(H,21,22). The first-order valence-electron chi connectivity index (χ1n) is 6.81. The maximum atomic E-state index is 13.3. The minimum absolute atomic E-state index is 0.0642. The van der Waals surface area contributed by atoms with Gasteiger partial charge in [0.1, 0.15) is 5.82 Å². The van der Waals surface area contributed by atoms with Crippen LogP contribution in [0.5, 0.6) is 0 Å². The Morgan fingerprint density at radius 3 is 2.68 bits per heavy atom. The van der Waals surface area contributed by atoms with Crippen molar-refractivity contribution in [3.8, 4) is 5.69 Å². The van der Waals surface area contributed by atoms with E-state index >= 15 is 0 Å². The van der Waals surface area contributed by atoms with Gasteiger partial charge in [-0.3, -0.25) is 0 Å². The number of alkyl halides is 3. The summed E-state index contributed by atoms with van der Waals surface area (Å²) >= 11 is 0. The minimum Gasteiger partial charge on any atom is -0.478 e. The van der Waals surface area contributed by atoms with Gasteiger partial charge >= 0.3 is 12.1 Å². The number of carbonyl (C=O) groups is 1. The summed E-state index contributed by atoms with van der Waals surface area (Å²) in [4.78, 5) is 15.3. The highest BCUT2D eigenvalue weighted by Crippen LogP contribution is 2.37. The third kappa shape index (κ3) is 2.26. The molecule has 1 N–H and O–H groups in total. The van der Waals surface area contributed by atoms with Gasteiger partial charge in [0.15, 0.2) is 0 Å². The van der Waals surface area contributed by atoms with Gasteiger partial charge in [-0.1, -0.05) is 0 Å². The van der Waals surface area contributed by atoms with Crippen LogP contribution in [0.15, 0.2) is 18.2 Å². The molecule has 0 atom stereocenters. The molecule has 22 heavy (non-hydrogen) atoms. The van der Waals surface area contributed by atoms with Crippen LogP contribution in [-0.4, -0.2) is 20.6 Å². The summed E-state index contributed by atoms with van der Waals surface area (Å²) in [6.07, 6.45) is -2.33. The summed E-state index contributed by atoms with van der Waals surface area (Å²) in [6, 6.07) is 3.08. The largest absolute Gasteiger partial charge is 0.478 e.